The third kappa shape index (κ3) is 7.05. The van der Waals surface area contributed by atoms with Crippen molar-refractivity contribution in [2.45, 2.75) is 25.9 Å². The summed E-state index contributed by atoms with van der Waals surface area (Å²) in [6.45, 7) is 6.24. The molecule has 2 rings (SSSR count). The van der Waals surface area contributed by atoms with E-state index in [1.807, 2.05) is 18.4 Å². The molecule has 2 heterocycles. The van der Waals surface area contributed by atoms with E-state index < -0.39 is 11.9 Å². The molecule has 0 saturated heterocycles. The van der Waals surface area contributed by atoms with E-state index in [1.165, 1.54) is 4.88 Å². The molecule has 2 aromatic rings. The lowest BCUT2D eigenvalue weighted by molar-refractivity contribution is -0.141. The monoisotopic (exact) mass is 400 g/mol. The van der Waals surface area contributed by atoms with Gasteiger partial charge in [-0.15, -0.1) is 11.3 Å². The Morgan fingerprint density at radius 1 is 1.26 bits per heavy atom. The summed E-state index contributed by atoms with van der Waals surface area (Å²) in [6, 6.07) is 4.95. The number of hydrogen-bond donors (Lipinski definition) is 3. The SMILES string of the molecule is CCNC(=NCC(C)c1cccs1)NCCNc1nccc(C(F)(F)F)n1. The minimum Gasteiger partial charge on any atom is -0.357 e. The standard InChI is InChI=1S/C17H23F3N6S/c1-3-21-15(25-11-12(2)13-5-4-10-27-13)23-8-9-24-16-22-7-6-14(26-16)17(18,19)20/h4-7,10,12H,3,8-9,11H2,1-2H3,(H2,21,23,25)(H,22,24,26). The zero-order chi connectivity index (χ0) is 19.7. The van der Waals surface area contributed by atoms with E-state index in [4.69, 9.17) is 0 Å². The van der Waals surface area contributed by atoms with E-state index in [-0.39, 0.29) is 5.95 Å². The quantitative estimate of drug-likeness (QED) is 0.360. The first-order chi connectivity index (χ1) is 12.9. The van der Waals surface area contributed by atoms with Gasteiger partial charge in [0.1, 0.15) is 5.69 Å². The average Bonchev–Trinajstić information content (AvgIpc) is 3.17. The number of thiophene rings is 1. The Morgan fingerprint density at radius 2 is 2.07 bits per heavy atom. The van der Waals surface area contributed by atoms with Crippen molar-refractivity contribution < 1.29 is 13.2 Å². The largest absolute Gasteiger partial charge is 0.433 e. The predicted molar refractivity (Wildman–Crippen MR) is 102 cm³/mol. The Labute approximate surface area is 160 Å². The Bertz CT molecular complexity index is 718. The van der Waals surface area contributed by atoms with Crippen LogP contribution in [-0.4, -0.2) is 42.1 Å². The van der Waals surface area contributed by atoms with Crippen LogP contribution in [-0.2, 0) is 6.18 Å². The molecule has 0 bridgehead atoms. The summed E-state index contributed by atoms with van der Waals surface area (Å²) in [6.07, 6.45) is -3.40. The van der Waals surface area contributed by atoms with Gasteiger partial charge in [0.2, 0.25) is 5.95 Å². The zero-order valence-electron chi connectivity index (χ0n) is 15.2. The molecular formula is C17H23F3N6S. The van der Waals surface area contributed by atoms with Crippen molar-refractivity contribution in [3.05, 3.63) is 40.3 Å². The van der Waals surface area contributed by atoms with Gasteiger partial charge in [0.05, 0.1) is 6.54 Å². The number of rotatable bonds is 8. The van der Waals surface area contributed by atoms with Crippen molar-refractivity contribution in [2.24, 2.45) is 4.99 Å². The number of anilines is 1. The normalized spacial score (nSPS) is 13.3. The highest BCUT2D eigenvalue weighted by Crippen LogP contribution is 2.27. The van der Waals surface area contributed by atoms with Crippen LogP contribution in [0.15, 0.2) is 34.8 Å². The van der Waals surface area contributed by atoms with Crippen LogP contribution in [0.3, 0.4) is 0 Å². The number of aliphatic imine (C=N–C) groups is 1. The number of nitrogens with one attached hydrogen (secondary N) is 3. The summed E-state index contributed by atoms with van der Waals surface area (Å²) >= 11 is 1.70. The molecule has 0 spiro atoms. The Kier molecular flexibility index (Phi) is 7.83. The molecular weight excluding hydrogens is 377 g/mol. The summed E-state index contributed by atoms with van der Waals surface area (Å²) in [4.78, 5) is 13.1. The lowest BCUT2D eigenvalue weighted by Gasteiger charge is -2.13. The van der Waals surface area contributed by atoms with Crippen molar-refractivity contribution in [3.8, 4) is 0 Å². The van der Waals surface area contributed by atoms with Crippen LogP contribution in [0.1, 0.15) is 30.3 Å². The molecule has 2 aromatic heterocycles. The molecule has 0 aliphatic carbocycles. The smallest absolute Gasteiger partial charge is 0.357 e. The Hall–Kier alpha value is -2.36. The fourth-order valence-corrected chi connectivity index (χ4v) is 2.97. The number of guanidine groups is 1. The molecule has 3 N–H and O–H groups in total. The molecule has 148 valence electrons. The molecule has 0 amide bonds. The fraction of sp³-hybridized carbons (Fsp3) is 0.471. The molecule has 0 aliphatic rings. The lowest BCUT2D eigenvalue weighted by Crippen LogP contribution is -2.39. The molecule has 0 aromatic carbocycles. The maximum absolute atomic E-state index is 12.6. The van der Waals surface area contributed by atoms with Crippen LogP contribution >= 0.6 is 11.3 Å². The zero-order valence-corrected chi connectivity index (χ0v) is 16.0. The van der Waals surface area contributed by atoms with Gasteiger partial charge in [-0.05, 0) is 24.4 Å². The maximum Gasteiger partial charge on any atom is 0.433 e. The van der Waals surface area contributed by atoms with Gasteiger partial charge in [-0.2, -0.15) is 13.2 Å². The van der Waals surface area contributed by atoms with Crippen molar-refractivity contribution in [1.29, 1.82) is 0 Å². The predicted octanol–water partition coefficient (Wildman–Crippen LogP) is 3.33. The van der Waals surface area contributed by atoms with Gasteiger partial charge in [0, 0.05) is 36.6 Å². The van der Waals surface area contributed by atoms with Crippen LogP contribution in [0.25, 0.3) is 0 Å². The minimum atomic E-state index is -4.48. The summed E-state index contributed by atoms with van der Waals surface area (Å²) in [7, 11) is 0. The second-order valence-electron chi connectivity index (χ2n) is 5.75. The van der Waals surface area contributed by atoms with Crippen LogP contribution in [0, 0.1) is 0 Å². The molecule has 0 saturated carbocycles. The Morgan fingerprint density at radius 3 is 2.74 bits per heavy atom. The minimum absolute atomic E-state index is 0.0557. The molecule has 0 fully saturated rings. The molecule has 1 unspecified atom stereocenters. The van der Waals surface area contributed by atoms with E-state index in [0.717, 1.165) is 12.3 Å². The number of nitrogens with zero attached hydrogens (tertiary/aromatic N) is 3. The van der Waals surface area contributed by atoms with Gasteiger partial charge in [-0.1, -0.05) is 13.0 Å². The molecule has 0 radical (unpaired) electrons. The molecule has 0 aliphatic heterocycles. The first-order valence-electron chi connectivity index (χ1n) is 8.60. The molecule has 1 atom stereocenters. The topological polar surface area (TPSA) is 74.2 Å². The summed E-state index contributed by atoms with van der Waals surface area (Å²) in [5.74, 6) is 0.921. The third-order valence-electron chi connectivity index (χ3n) is 3.54. The van der Waals surface area contributed by atoms with Gasteiger partial charge < -0.3 is 16.0 Å². The van der Waals surface area contributed by atoms with E-state index in [9.17, 15) is 13.2 Å². The number of alkyl halides is 3. The molecule has 27 heavy (non-hydrogen) atoms. The van der Waals surface area contributed by atoms with Crippen LogP contribution < -0.4 is 16.0 Å². The van der Waals surface area contributed by atoms with Gasteiger partial charge in [-0.3, -0.25) is 4.99 Å². The average molecular weight is 400 g/mol. The summed E-state index contributed by atoms with van der Waals surface area (Å²) in [5, 5.41) is 11.1. The maximum atomic E-state index is 12.6. The fourth-order valence-electron chi connectivity index (χ4n) is 2.19. The van der Waals surface area contributed by atoms with E-state index in [2.05, 4.69) is 43.9 Å². The first kappa shape index (κ1) is 20.9. The third-order valence-corrected chi connectivity index (χ3v) is 4.65. The number of halogens is 3. The highest BCUT2D eigenvalue weighted by molar-refractivity contribution is 7.10. The Balaban J connectivity index is 1.81. The van der Waals surface area contributed by atoms with Gasteiger partial charge in [0.15, 0.2) is 5.96 Å². The first-order valence-corrected chi connectivity index (χ1v) is 9.47. The van der Waals surface area contributed by atoms with Crippen molar-refractivity contribution >= 4 is 23.2 Å². The molecule has 10 heteroatoms. The summed E-state index contributed by atoms with van der Waals surface area (Å²) < 4.78 is 37.9. The number of aromatic nitrogens is 2. The van der Waals surface area contributed by atoms with Crippen LogP contribution in [0.4, 0.5) is 19.1 Å². The highest BCUT2D eigenvalue weighted by atomic mass is 32.1. The second kappa shape index (κ2) is 10.1. The van der Waals surface area contributed by atoms with Crippen LogP contribution in [0.2, 0.25) is 0 Å². The van der Waals surface area contributed by atoms with E-state index in [1.54, 1.807) is 11.3 Å². The van der Waals surface area contributed by atoms with Crippen molar-refractivity contribution in [3.63, 3.8) is 0 Å². The van der Waals surface area contributed by atoms with Gasteiger partial charge >= 0.3 is 6.18 Å². The highest BCUT2D eigenvalue weighted by Gasteiger charge is 2.32. The second-order valence-corrected chi connectivity index (χ2v) is 6.73. The van der Waals surface area contributed by atoms with Crippen molar-refractivity contribution in [2.75, 3.05) is 31.5 Å². The van der Waals surface area contributed by atoms with E-state index in [0.29, 0.717) is 38.1 Å². The van der Waals surface area contributed by atoms with Gasteiger partial charge in [-0.25, -0.2) is 9.97 Å². The van der Waals surface area contributed by atoms with E-state index >= 15 is 0 Å². The molecule has 6 nitrogen and oxygen atoms in total. The number of hydrogen-bond acceptors (Lipinski definition) is 5. The van der Waals surface area contributed by atoms with Crippen molar-refractivity contribution in [1.82, 2.24) is 20.6 Å². The van der Waals surface area contributed by atoms with Crippen LogP contribution in [0.5, 0.6) is 0 Å². The lowest BCUT2D eigenvalue weighted by atomic mass is 10.1. The van der Waals surface area contributed by atoms with Gasteiger partial charge in [0.25, 0.3) is 0 Å². The summed E-state index contributed by atoms with van der Waals surface area (Å²) in [5.41, 5.74) is -0.967.